The normalized spacial score (nSPS) is 15.2. The molecule has 0 atom stereocenters. The van der Waals surface area contributed by atoms with E-state index < -0.39 is 0 Å². The maximum atomic E-state index is 4.59. The van der Waals surface area contributed by atoms with Crippen LogP contribution in [0.5, 0.6) is 0 Å². The molecule has 0 aliphatic carbocycles. The Morgan fingerprint density at radius 2 is 1.86 bits per heavy atom. The van der Waals surface area contributed by atoms with E-state index in [1.807, 2.05) is 24.7 Å². The highest BCUT2D eigenvalue weighted by Gasteiger charge is 2.17. The largest absolute Gasteiger partial charge is 0.371 e. The molecular formula is C29H37N7. The van der Waals surface area contributed by atoms with E-state index in [0.717, 1.165) is 58.8 Å². The number of allylic oxidation sites excluding steroid dienone is 4. The van der Waals surface area contributed by atoms with E-state index in [1.54, 1.807) is 0 Å². The monoisotopic (exact) mass is 483 g/mol. The molecule has 3 aromatic rings. The van der Waals surface area contributed by atoms with Crippen molar-refractivity contribution in [1.82, 2.24) is 35.3 Å². The van der Waals surface area contributed by atoms with Gasteiger partial charge >= 0.3 is 0 Å². The number of nitrogens with zero attached hydrogens (tertiary/aromatic N) is 5. The molecule has 1 aliphatic rings. The second kappa shape index (κ2) is 11.4. The molecule has 0 amide bonds. The number of H-pyrrole nitrogens is 1. The number of hydrogen-bond acceptors (Lipinski definition) is 6. The lowest BCUT2D eigenvalue weighted by Crippen LogP contribution is -2.30. The Bertz CT molecular complexity index is 1310. The van der Waals surface area contributed by atoms with Crippen LogP contribution in [0.15, 0.2) is 73.0 Å². The van der Waals surface area contributed by atoms with Crippen molar-refractivity contribution in [3.8, 4) is 11.1 Å². The molecule has 1 saturated heterocycles. The zero-order valence-electron chi connectivity index (χ0n) is 21.9. The van der Waals surface area contributed by atoms with Gasteiger partial charge in [-0.1, -0.05) is 19.2 Å². The van der Waals surface area contributed by atoms with Crippen LogP contribution in [0.3, 0.4) is 0 Å². The quantitative estimate of drug-likeness (QED) is 0.392. The van der Waals surface area contributed by atoms with Gasteiger partial charge in [-0.15, -0.1) is 0 Å². The third-order valence-electron chi connectivity index (χ3n) is 6.60. The number of aromatic amines is 1. The summed E-state index contributed by atoms with van der Waals surface area (Å²) in [5.74, 6) is 0. The molecule has 1 fully saturated rings. The first-order chi connectivity index (χ1) is 17.4. The van der Waals surface area contributed by atoms with Crippen molar-refractivity contribution in [2.45, 2.75) is 39.7 Å². The maximum Gasteiger partial charge on any atom is 0.181 e. The summed E-state index contributed by atoms with van der Waals surface area (Å²) < 4.78 is 0. The Hall–Kier alpha value is -3.71. The fourth-order valence-electron chi connectivity index (χ4n) is 4.67. The molecule has 0 saturated carbocycles. The van der Waals surface area contributed by atoms with Crippen LogP contribution in [-0.4, -0.2) is 57.1 Å². The number of aromatic nitrogens is 4. The van der Waals surface area contributed by atoms with Crippen molar-refractivity contribution in [3.63, 3.8) is 0 Å². The molecule has 2 N–H and O–H groups in total. The SMILES string of the molecule is C=C/C=C(\C(C)=C(/C)NC(=C)c1[nH]nc2ncc(-c3cncc(CN(C)C)c3)cc12)N1CCCCC1. The number of fused-ring (bicyclic) bond motifs is 1. The van der Waals surface area contributed by atoms with Gasteiger partial charge in [0.05, 0.1) is 11.4 Å². The third kappa shape index (κ3) is 5.74. The number of nitrogens with one attached hydrogen (secondary N) is 2. The maximum absolute atomic E-state index is 4.59. The van der Waals surface area contributed by atoms with Crippen LogP contribution in [0.25, 0.3) is 27.9 Å². The van der Waals surface area contributed by atoms with Crippen molar-refractivity contribution in [2.24, 2.45) is 0 Å². The molecule has 36 heavy (non-hydrogen) atoms. The molecule has 0 bridgehead atoms. The van der Waals surface area contributed by atoms with E-state index in [-0.39, 0.29) is 0 Å². The van der Waals surface area contributed by atoms with Crippen molar-refractivity contribution in [2.75, 3.05) is 27.2 Å². The minimum atomic E-state index is 0.660. The highest BCUT2D eigenvalue weighted by atomic mass is 15.2. The van der Waals surface area contributed by atoms with E-state index in [2.05, 4.69) is 94.6 Å². The first kappa shape index (κ1) is 25.4. The number of pyridine rings is 2. The van der Waals surface area contributed by atoms with Gasteiger partial charge in [0, 0.05) is 66.1 Å². The van der Waals surface area contributed by atoms with Gasteiger partial charge < -0.3 is 15.1 Å². The average Bonchev–Trinajstić information content (AvgIpc) is 3.30. The molecule has 0 aromatic carbocycles. The van der Waals surface area contributed by atoms with E-state index in [1.165, 1.54) is 30.5 Å². The molecule has 4 heterocycles. The molecule has 7 nitrogen and oxygen atoms in total. The summed E-state index contributed by atoms with van der Waals surface area (Å²) in [5.41, 5.74) is 8.87. The van der Waals surface area contributed by atoms with Crippen LogP contribution >= 0.6 is 0 Å². The first-order valence-corrected chi connectivity index (χ1v) is 12.5. The van der Waals surface area contributed by atoms with Crippen LogP contribution in [0.4, 0.5) is 0 Å². The van der Waals surface area contributed by atoms with Crippen molar-refractivity contribution in [1.29, 1.82) is 0 Å². The topological polar surface area (TPSA) is 73.0 Å². The Balaban J connectivity index is 1.60. The number of likely N-dealkylation sites (tertiary alicyclic amines) is 1. The van der Waals surface area contributed by atoms with E-state index in [9.17, 15) is 0 Å². The lowest BCUT2D eigenvalue weighted by molar-refractivity contribution is 0.289. The van der Waals surface area contributed by atoms with Crippen LogP contribution in [0, 0.1) is 0 Å². The molecule has 3 aromatic heterocycles. The highest BCUT2D eigenvalue weighted by molar-refractivity contribution is 5.90. The smallest absolute Gasteiger partial charge is 0.181 e. The van der Waals surface area contributed by atoms with Gasteiger partial charge in [0.2, 0.25) is 0 Å². The zero-order valence-corrected chi connectivity index (χ0v) is 21.9. The van der Waals surface area contributed by atoms with Crippen LogP contribution < -0.4 is 5.32 Å². The standard InChI is InChI=1S/C29H37N7/c1-7-11-27(36-12-9-8-10-13-36)20(2)21(3)32-22(4)28-26-15-25(18-31-29(26)34-33-28)24-14-23(16-30-17-24)19-35(5)6/h7,11,14-18,32H,1,4,8-10,12-13,19H2,2-3,5-6H3,(H,31,33,34)/b21-20+,27-11+. The van der Waals surface area contributed by atoms with E-state index in [0.29, 0.717) is 5.65 Å². The Morgan fingerprint density at radius 3 is 2.58 bits per heavy atom. The van der Waals surface area contributed by atoms with Gasteiger partial charge in [-0.3, -0.25) is 10.1 Å². The molecular weight excluding hydrogens is 446 g/mol. The van der Waals surface area contributed by atoms with Crippen molar-refractivity contribution in [3.05, 3.63) is 84.3 Å². The van der Waals surface area contributed by atoms with Gasteiger partial charge in [-0.2, -0.15) is 5.10 Å². The molecule has 0 spiro atoms. The molecule has 188 valence electrons. The molecule has 4 rings (SSSR count). The summed E-state index contributed by atoms with van der Waals surface area (Å²) in [5, 5.41) is 12.0. The fourth-order valence-corrected chi connectivity index (χ4v) is 4.67. The summed E-state index contributed by atoms with van der Waals surface area (Å²) in [6, 6.07) is 4.26. The summed E-state index contributed by atoms with van der Waals surface area (Å²) in [6.45, 7) is 15.5. The minimum Gasteiger partial charge on any atom is -0.371 e. The predicted molar refractivity (Wildman–Crippen MR) is 149 cm³/mol. The number of rotatable bonds is 9. The fraction of sp³-hybridized carbons (Fsp3) is 0.345. The second-order valence-corrected chi connectivity index (χ2v) is 9.70. The minimum absolute atomic E-state index is 0.660. The third-order valence-corrected chi connectivity index (χ3v) is 6.60. The van der Waals surface area contributed by atoms with Gasteiger partial charge in [0.15, 0.2) is 5.65 Å². The van der Waals surface area contributed by atoms with Crippen molar-refractivity contribution < 1.29 is 0 Å². The second-order valence-electron chi connectivity index (χ2n) is 9.70. The molecule has 1 aliphatic heterocycles. The van der Waals surface area contributed by atoms with Gasteiger partial charge in [-0.05, 0) is 76.6 Å². The van der Waals surface area contributed by atoms with E-state index >= 15 is 0 Å². The summed E-state index contributed by atoms with van der Waals surface area (Å²) >= 11 is 0. The Morgan fingerprint density at radius 1 is 1.11 bits per heavy atom. The average molecular weight is 484 g/mol. The van der Waals surface area contributed by atoms with Crippen LogP contribution in [0.1, 0.15) is 44.4 Å². The van der Waals surface area contributed by atoms with Crippen molar-refractivity contribution >= 4 is 16.7 Å². The first-order valence-electron chi connectivity index (χ1n) is 12.5. The lowest BCUT2D eigenvalue weighted by atomic mass is 10.0. The molecule has 0 unspecified atom stereocenters. The number of hydrogen-bond donors (Lipinski definition) is 2. The molecule has 0 radical (unpaired) electrons. The Labute approximate surface area is 214 Å². The summed E-state index contributed by atoms with van der Waals surface area (Å²) in [6.07, 6.45) is 13.4. The van der Waals surface area contributed by atoms with Gasteiger partial charge in [0.1, 0.15) is 0 Å². The predicted octanol–water partition coefficient (Wildman–Crippen LogP) is 5.49. The van der Waals surface area contributed by atoms with E-state index in [4.69, 9.17) is 0 Å². The van der Waals surface area contributed by atoms with Gasteiger partial charge in [-0.25, -0.2) is 4.98 Å². The van der Waals surface area contributed by atoms with Gasteiger partial charge in [0.25, 0.3) is 0 Å². The lowest BCUT2D eigenvalue weighted by Gasteiger charge is -2.32. The Kier molecular flexibility index (Phi) is 8.00. The zero-order chi connectivity index (χ0) is 25.7. The summed E-state index contributed by atoms with van der Waals surface area (Å²) in [7, 11) is 4.11. The number of piperidine rings is 1. The molecule has 7 heteroatoms. The highest BCUT2D eigenvalue weighted by Crippen LogP contribution is 2.28. The van der Waals surface area contributed by atoms with Crippen LogP contribution in [-0.2, 0) is 6.54 Å². The summed E-state index contributed by atoms with van der Waals surface area (Å²) in [4.78, 5) is 13.6. The van der Waals surface area contributed by atoms with Crippen LogP contribution in [0.2, 0.25) is 0 Å².